The van der Waals surface area contributed by atoms with E-state index in [1.54, 1.807) is 6.92 Å². The van der Waals surface area contributed by atoms with Crippen molar-refractivity contribution in [3.05, 3.63) is 11.7 Å². The summed E-state index contributed by atoms with van der Waals surface area (Å²) in [5.41, 5.74) is 5.99. The number of rotatable bonds is 4. The second-order valence-electron chi connectivity index (χ2n) is 3.27. The third kappa shape index (κ3) is 2.28. The summed E-state index contributed by atoms with van der Waals surface area (Å²) in [5.74, 6) is 1.65. The van der Waals surface area contributed by atoms with Gasteiger partial charge in [0, 0.05) is 6.92 Å². The molecule has 1 aromatic heterocycles. The minimum Gasteiger partial charge on any atom is -0.340 e. The molecule has 0 aliphatic heterocycles. The van der Waals surface area contributed by atoms with Gasteiger partial charge < -0.3 is 10.3 Å². The molecule has 0 bridgehead atoms. The van der Waals surface area contributed by atoms with Crippen LogP contribution < -0.4 is 5.73 Å². The third-order valence-corrected chi connectivity index (χ3v) is 2.40. The van der Waals surface area contributed by atoms with Crippen LogP contribution >= 0.6 is 0 Å². The van der Waals surface area contributed by atoms with Crippen molar-refractivity contribution >= 4 is 0 Å². The molecule has 0 saturated carbocycles. The van der Waals surface area contributed by atoms with E-state index in [0.29, 0.717) is 17.6 Å². The Morgan fingerprint density at radius 2 is 2.00 bits per heavy atom. The molecule has 0 saturated heterocycles. The van der Waals surface area contributed by atoms with Crippen LogP contribution in [0.25, 0.3) is 0 Å². The first-order chi connectivity index (χ1) is 6.19. The summed E-state index contributed by atoms with van der Waals surface area (Å²) in [6, 6.07) is -0.0903. The summed E-state index contributed by atoms with van der Waals surface area (Å²) in [4.78, 5) is 4.12. The number of aromatic nitrogens is 2. The van der Waals surface area contributed by atoms with E-state index in [1.165, 1.54) is 0 Å². The Morgan fingerprint density at radius 3 is 2.38 bits per heavy atom. The molecule has 2 N–H and O–H groups in total. The first-order valence-corrected chi connectivity index (χ1v) is 4.74. The van der Waals surface area contributed by atoms with Crippen LogP contribution in [0.15, 0.2) is 4.52 Å². The zero-order chi connectivity index (χ0) is 9.84. The average molecular weight is 183 g/mol. The van der Waals surface area contributed by atoms with Crippen molar-refractivity contribution in [1.82, 2.24) is 10.1 Å². The highest BCUT2D eigenvalue weighted by molar-refractivity contribution is 4.94. The Hall–Kier alpha value is -0.900. The lowest BCUT2D eigenvalue weighted by Gasteiger charge is -2.17. The van der Waals surface area contributed by atoms with Gasteiger partial charge in [-0.05, 0) is 5.92 Å². The predicted octanol–water partition coefficient (Wildman–Crippen LogP) is 1.81. The first-order valence-electron chi connectivity index (χ1n) is 4.74. The van der Waals surface area contributed by atoms with Gasteiger partial charge in [-0.25, -0.2) is 0 Å². The lowest BCUT2D eigenvalue weighted by molar-refractivity contribution is 0.353. The van der Waals surface area contributed by atoms with E-state index in [9.17, 15) is 0 Å². The summed E-state index contributed by atoms with van der Waals surface area (Å²) in [6.07, 6.45) is 2.09. The number of hydrogen-bond acceptors (Lipinski definition) is 4. The number of hydrogen-bond donors (Lipinski definition) is 1. The van der Waals surface area contributed by atoms with Crippen LogP contribution in [-0.2, 0) is 0 Å². The molecule has 0 aliphatic carbocycles. The van der Waals surface area contributed by atoms with Gasteiger partial charge in [0.25, 0.3) is 0 Å². The van der Waals surface area contributed by atoms with Crippen molar-refractivity contribution in [1.29, 1.82) is 0 Å². The fourth-order valence-electron chi connectivity index (χ4n) is 1.46. The molecule has 4 heteroatoms. The average Bonchev–Trinajstić information content (AvgIpc) is 2.54. The van der Waals surface area contributed by atoms with E-state index >= 15 is 0 Å². The zero-order valence-electron chi connectivity index (χ0n) is 8.45. The highest BCUT2D eigenvalue weighted by atomic mass is 16.5. The monoisotopic (exact) mass is 183 g/mol. The van der Waals surface area contributed by atoms with E-state index in [1.807, 2.05) is 0 Å². The number of nitrogens with zero attached hydrogens (tertiary/aromatic N) is 2. The molecule has 0 radical (unpaired) electrons. The SMILES string of the molecule is CCC(CC)C(N)c1noc(C)n1. The molecule has 0 spiro atoms. The number of nitrogens with two attached hydrogens (primary N) is 1. The maximum Gasteiger partial charge on any atom is 0.223 e. The van der Waals surface area contributed by atoms with Crippen molar-refractivity contribution in [3.8, 4) is 0 Å². The van der Waals surface area contributed by atoms with Crippen LogP contribution in [0.1, 0.15) is 44.4 Å². The van der Waals surface area contributed by atoms with Crippen molar-refractivity contribution in [2.45, 2.75) is 39.7 Å². The highest BCUT2D eigenvalue weighted by Gasteiger charge is 2.20. The topological polar surface area (TPSA) is 64.9 Å². The maximum atomic E-state index is 5.99. The van der Waals surface area contributed by atoms with E-state index in [-0.39, 0.29) is 6.04 Å². The molecule has 0 aromatic carbocycles. The van der Waals surface area contributed by atoms with Crippen LogP contribution in [0.2, 0.25) is 0 Å². The molecule has 74 valence electrons. The van der Waals surface area contributed by atoms with Gasteiger partial charge in [-0.2, -0.15) is 4.98 Å². The van der Waals surface area contributed by atoms with Gasteiger partial charge in [0.2, 0.25) is 5.89 Å². The van der Waals surface area contributed by atoms with Crippen LogP contribution in [0.3, 0.4) is 0 Å². The smallest absolute Gasteiger partial charge is 0.223 e. The maximum absolute atomic E-state index is 5.99. The molecule has 1 heterocycles. The van der Waals surface area contributed by atoms with E-state index in [0.717, 1.165) is 12.8 Å². The molecular formula is C9H17N3O. The predicted molar refractivity (Wildman–Crippen MR) is 50.0 cm³/mol. The van der Waals surface area contributed by atoms with Gasteiger partial charge in [0.05, 0.1) is 6.04 Å². The summed E-state index contributed by atoms with van der Waals surface area (Å²) in [5, 5.41) is 3.82. The molecule has 0 amide bonds. The molecule has 1 aromatic rings. The Bertz CT molecular complexity index is 255. The second-order valence-corrected chi connectivity index (χ2v) is 3.27. The largest absolute Gasteiger partial charge is 0.340 e. The standard InChI is InChI=1S/C9H17N3O/c1-4-7(5-2)8(10)9-11-6(3)13-12-9/h7-8H,4-5,10H2,1-3H3. The number of aryl methyl sites for hydroxylation is 1. The van der Waals surface area contributed by atoms with Gasteiger partial charge in [-0.1, -0.05) is 31.8 Å². The Balaban J connectivity index is 2.71. The minimum absolute atomic E-state index is 0.0903. The molecule has 1 atom stereocenters. The summed E-state index contributed by atoms with van der Waals surface area (Å²) < 4.78 is 4.88. The zero-order valence-corrected chi connectivity index (χ0v) is 8.45. The van der Waals surface area contributed by atoms with Crippen LogP contribution in [-0.4, -0.2) is 10.1 Å². The van der Waals surface area contributed by atoms with Crippen LogP contribution in [0, 0.1) is 12.8 Å². The summed E-state index contributed by atoms with van der Waals surface area (Å²) >= 11 is 0. The molecule has 1 rings (SSSR count). The quantitative estimate of drug-likeness (QED) is 0.773. The van der Waals surface area contributed by atoms with Crippen LogP contribution in [0.5, 0.6) is 0 Å². The van der Waals surface area contributed by atoms with Gasteiger partial charge in [0.1, 0.15) is 0 Å². The van der Waals surface area contributed by atoms with Crippen molar-refractivity contribution < 1.29 is 4.52 Å². The lowest BCUT2D eigenvalue weighted by Crippen LogP contribution is -2.21. The van der Waals surface area contributed by atoms with Crippen molar-refractivity contribution in [2.75, 3.05) is 0 Å². The molecular weight excluding hydrogens is 166 g/mol. The second kappa shape index (κ2) is 4.37. The molecule has 1 unspecified atom stereocenters. The first kappa shape index (κ1) is 10.2. The molecule has 4 nitrogen and oxygen atoms in total. The van der Waals surface area contributed by atoms with E-state index < -0.39 is 0 Å². The Morgan fingerprint density at radius 1 is 1.38 bits per heavy atom. The summed E-state index contributed by atoms with van der Waals surface area (Å²) in [7, 11) is 0. The van der Waals surface area contributed by atoms with Gasteiger partial charge in [-0.15, -0.1) is 0 Å². The Labute approximate surface area is 78.5 Å². The van der Waals surface area contributed by atoms with Gasteiger partial charge in [-0.3, -0.25) is 0 Å². The van der Waals surface area contributed by atoms with Crippen molar-refractivity contribution in [2.24, 2.45) is 11.7 Å². The molecule has 13 heavy (non-hydrogen) atoms. The molecule has 0 fully saturated rings. The van der Waals surface area contributed by atoms with Gasteiger partial charge in [0.15, 0.2) is 5.82 Å². The van der Waals surface area contributed by atoms with E-state index in [4.69, 9.17) is 10.3 Å². The fraction of sp³-hybridized carbons (Fsp3) is 0.778. The fourth-order valence-corrected chi connectivity index (χ4v) is 1.46. The van der Waals surface area contributed by atoms with E-state index in [2.05, 4.69) is 24.0 Å². The summed E-state index contributed by atoms with van der Waals surface area (Å²) in [6.45, 7) is 6.03. The van der Waals surface area contributed by atoms with Crippen LogP contribution in [0.4, 0.5) is 0 Å². The highest BCUT2D eigenvalue weighted by Crippen LogP contribution is 2.22. The third-order valence-electron chi connectivity index (χ3n) is 2.40. The van der Waals surface area contributed by atoms with Gasteiger partial charge >= 0.3 is 0 Å². The van der Waals surface area contributed by atoms with Crippen molar-refractivity contribution in [3.63, 3.8) is 0 Å². The Kier molecular flexibility index (Phi) is 3.42. The minimum atomic E-state index is -0.0903. The normalized spacial score (nSPS) is 13.6. The molecule has 0 aliphatic rings. The lowest BCUT2D eigenvalue weighted by atomic mass is 9.94.